The number of rotatable bonds is 9. The van der Waals surface area contributed by atoms with Crippen molar-refractivity contribution in [2.75, 3.05) is 43.1 Å². The first-order chi connectivity index (χ1) is 18.5. The third-order valence-electron chi connectivity index (χ3n) is 5.58. The smallest absolute Gasteiger partial charge is 0.238 e. The molecular formula is C28H27N7O2S. The number of benzene rings is 3. The number of ether oxygens (including phenoxy) is 1. The van der Waals surface area contributed by atoms with Gasteiger partial charge in [0.1, 0.15) is 5.75 Å². The van der Waals surface area contributed by atoms with E-state index in [4.69, 9.17) is 14.7 Å². The number of carbonyl (C=O) groups is 1. The van der Waals surface area contributed by atoms with E-state index in [1.54, 1.807) is 13.3 Å². The molecule has 2 heterocycles. The van der Waals surface area contributed by atoms with Gasteiger partial charge in [0.2, 0.25) is 5.91 Å². The summed E-state index contributed by atoms with van der Waals surface area (Å²) in [6.07, 6.45) is 1.76. The molecule has 0 atom stereocenters. The van der Waals surface area contributed by atoms with Crippen molar-refractivity contribution in [3.8, 4) is 5.75 Å². The maximum atomic E-state index is 12.2. The molecule has 0 aliphatic heterocycles. The zero-order valence-corrected chi connectivity index (χ0v) is 22.0. The fraction of sp³-hybridized carbons (Fsp3) is 0.143. The number of aromatic nitrogens is 3. The van der Waals surface area contributed by atoms with E-state index in [-0.39, 0.29) is 5.91 Å². The van der Waals surface area contributed by atoms with Crippen LogP contribution in [0.4, 0.5) is 23.0 Å². The maximum absolute atomic E-state index is 12.2. The quantitative estimate of drug-likeness (QED) is 0.214. The van der Waals surface area contributed by atoms with Crippen LogP contribution in [-0.4, -0.2) is 53.5 Å². The van der Waals surface area contributed by atoms with Crippen LogP contribution in [0.3, 0.4) is 0 Å². The minimum Gasteiger partial charge on any atom is -0.497 e. The Kier molecular flexibility index (Phi) is 7.52. The molecule has 3 N–H and O–H groups in total. The third kappa shape index (κ3) is 5.93. The first-order valence-electron chi connectivity index (χ1n) is 11.9. The van der Waals surface area contributed by atoms with Crippen LogP contribution in [0.2, 0.25) is 0 Å². The highest BCUT2D eigenvalue weighted by Gasteiger charge is 2.14. The Morgan fingerprint density at radius 3 is 2.50 bits per heavy atom. The molecule has 0 radical (unpaired) electrons. The van der Waals surface area contributed by atoms with Crippen LogP contribution in [-0.2, 0) is 4.79 Å². The second-order valence-electron chi connectivity index (χ2n) is 8.80. The van der Waals surface area contributed by atoms with Gasteiger partial charge in [0, 0.05) is 28.2 Å². The van der Waals surface area contributed by atoms with Crippen molar-refractivity contribution in [3.05, 3.63) is 79.0 Å². The largest absolute Gasteiger partial charge is 0.497 e. The summed E-state index contributed by atoms with van der Waals surface area (Å²) >= 11 is 1.38. The van der Waals surface area contributed by atoms with Gasteiger partial charge in [0.05, 0.1) is 35.9 Å². The average molecular weight is 526 g/mol. The minimum atomic E-state index is -0.0730. The highest BCUT2D eigenvalue weighted by Crippen LogP contribution is 2.34. The summed E-state index contributed by atoms with van der Waals surface area (Å²) in [6, 6.07) is 23.0. The predicted molar refractivity (Wildman–Crippen MR) is 154 cm³/mol. The van der Waals surface area contributed by atoms with Crippen molar-refractivity contribution in [1.82, 2.24) is 19.9 Å². The van der Waals surface area contributed by atoms with Crippen LogP contribution < -0.4 is 20.1 Å². The van der Waals surface area contributed by atoms with E-state index in [0.29, 0.717) is 23.9 Å². The van der Waals surface area contributed by atoms with Crippen LogP contribution >= 0.6 is 11.9 Å². The van der Waals surface area contributed by atoms with Gasteiger partial charge in [-0.25, -0.2) is 9.97 Å². The Morgan fingerprint density at radius 2 is 1.74 bits per heavy atom. The summed E-state index contributed by atoms with van der Waals surface area (Å²) in [5.41, 5.74) is 3.79. The lowest BCUT2D eigenvalue weighted by Crippen LogP contribution is -2.27. The summed E-state index contributed by atoms with van der Waals surface area (Å²) in [5.74, 6) is 1.74. The van der Waals surface area contributed by atoms with Crippen LogP contribution in [0.5, 0.6) is 5.75 Å². The van der Waals surface area contributed by atoms with Gasteiger partial charge >= 0.3 is 0 Å². The molecule has 0 unspecified atom stereocenters. The number of nitrogens with zero attached hydrogens (tertiary/aromatic N) is 4. The number of para-hydroxylation sites is 2. The number of carbonyl (C=O) groups excluding carboxylic acids is 1. The standard InChI is InChI=1S/C28H27N7O2S/c1-35(2)17-25(36)30-19-9-6-10-21(15-19)38-34-28-27(31-22-11-4-5-12-23(22)32-28)33-24-16-20(37-3)14-18-8-7-13-29-26(18)24/h4-16H,17H2,1-3H3,(H,30,36)(H,31,33)(H,32,34). The summed E-state index contributed by atoms with van der Waals surface area (Å²) in [7, 11) is 5.35. The van der Waals surface area contributed by atoms with Gasteiger partial charge in [-0.1, -0.05) is 24.3 Å². The molecular weight excluding hydrogens is 498 g/mol. The van der Waals surface area contributed by atoms with Crippen molar-refractivity contribution in [2.45, 2.75) is 4.90 Å². The minimum absolute atomic E-state index is 0.0730. The second-order valence-corrected chi connectivity index (χ2v) is 9.68. The Balaban J connectivity index is 1.45. The molecule has 192 valence electrons. The molecule has 10 heteroatoms. The lowest BCUT2D eigenvalue weighted by Gasteiger charge is -2.15. The zero-order valence-electron chi connectivity index (χ0n) is 21.2. The summed E-state index contributed by atoms with van der Waals surface area (Å²) in [6.45, 7) is 0.311. The Morgan fingerprint density at radius 1 is 0.947 bits per heavy atom. The molecule has 0 saturated heterocycles. The van der Waals surface area contributed by atoms with E-state index < -0.39 is 0 Å². The number of pyridine rings is 1. The molecule has 5 aromatic rings. The topological polar surface area (TPSA) is 104 Å². The van der Waals surface area contributed by atoms with E-state index in [1.807, 2.05) is 91.8 Å². The number of fused-ring (bicyclic) bond motifs is 2. The molecule has 5 rings (SSSR count). The molecule has 0 aliphatic rings. The highest BCUT2D eigenvalue weighted by molar-refractivity contribution is 8.00. The van der Waals surface area contributed by atoms with Gasteiger partial charge in [-0.15, -0.1) is 0 Å². The first-order valence-corrected chi connectivity index (χ1v) is 12.7. The van der Waals surface area contributed by atoms with Crippen molar-refractivity contribution >= 4 is 62.8 Å². The average Bonchev–Trinajstić information content (AvgIpc) is 2.91. The number of anilines is 4. The number of hydrogen-bond donors (Lipinski definition) is 3. The van der Waals surface area contributed by atoms with Crippen molar-refractivity contribution < 1.29 is 9.53 Å². The summed E-state index contributed by atoms with van der Waals surface area (Å²) < 4.78 is 8.85. The highest BCUT2D eigenvalue weighted by atomic mass is 32.2. The van der Waals surface area contributed by atoms with E-state index in [9.17, 15) is 4.79 Å². The van der Waals surface area contributed by atoms with Crippen LogP contribution in [0.25, 0.3) is 21.9 Å². The lowest BCUT2D eigenvalue weighted by molar-refractivity contribution is -0.116. The summed E-state index contributed by atoms with van der Waals surface area (Å²) in [4.78, 5) is 29.1. The van der Waals surface area contributed by atoms with Crippen molar-refractivity contribution in [1.29, 1.82) is 0 Å². The molecule has 0 bridgehead atoms. The third-order valence-corrected chi connectivity index (χ3v) is 6.37. The van der Waals surface area contributed by atoms with Crippen LogP contribution in [0.1, 0.15) is 0 Å². The Labute approximate surface area is 224 Å². The van der Waals surface area contributed by atoms with E-state index >= 15 is 0 Å². The fourth-order valence-electron chi connectivity index (χ4n) is 3.90. The number of nitrogens with one attached hydrogen (secondary N) is 3. The van der Waals surface area contributed by atoms with Crippen LogP contribution in [0, 0.1) is 0 Å². The molecule has 0 spiro atoms. The molecule has 38 heavy (non-hydrogen) atoms. The molecule has 3 aromatic carbocycles. The first kappa shape index (κ1) is 25.2. The van der Waals surface area contributed by atoms with E-state index in [2.05, 4.69) is 20.3 Å². The molecule has 0 fully saturated rings. The van der Waals surface area contributed by atoms with Gasteiger partial charge in [0.15, 0.2) is 11.6 Å². The van der Waals surface area contributed by atoms with Gasteiger partial charge in [-0.2, -0.15) is 0 Å². The summed E-state index contributed by atoms with van der Waals surface area (Å²) in [5, 5.41) is 7.29. The Bertz CT molecular complexity index is 1610. The molecule has 9 nitrogen and oxygen atoms in total. The van der Waals surface area contributed by atoms with E-state index in [0.717, 1.165) is 38.2 Å². The number of hydrogen-bond acceptors (Lipinski definition) is 9. The SMILES string of the molecule is COc1cc(Nc2nc3ccccc3nc2NSc2cccc(NC(=O)CN(C)C)c2)c2ncccc2c1. The predicted octanol–water partition coefficient (Wildman–Crippen LogP) is 5.55. The lowest BCUT2D eigenvalue weighted by atomic mass is 10.1. The monoisotopic (exact) mass is 525 g/mol. The molecule has 1 amide bonds. The number of likely N-dealkylation sites (N-methyl/N-ethyl adjacent to an activating group) is 1. The molecule has 0 saturated carbocycles. The van der Waals surface area contributed by atoms with Crippen molar-refractivity contribution in [2.24, 2.45) is 0 Å². The zero-order chi connectivity index (χ0) is 26.5. The normalized spacial score (nSPS) is 11.1. The molecule has 2 aromatic heterocycles. The second kappa shape index (κ2) is 11.3. The number of methoxy groups -OCH3 is 1. The maximum Gasteiger partial charge on any atom is 0.238 e. The number of amides is 1. The molecule has 0 aliphatic carbocycles. The van der Waals surface area contributed by atoms with Crippen molar-refractivity contribution in [3.63, 3.8) is 0 Å². The van der Waals surface area contributed by atoms with Gasteiger partial charge < -0.3 is 25.0 Å². The van der Waals surface area contributed by atoms with Gasteiger partial charge in [0.25, 0.3) is 0 Å². The Hall–Kier alpha value is -4.41. The van der Waals surface area contributed by atoms with E-state index in [1.165, 1.54) is 11.9 Å². The van der Waals surface area contributed by atoms with Gasteiger partial charge in [-0.05, 0) is 68.5 Å². The van der Waals surface area contributed by atoms with Gasteiger partial charge in [-0.3, -0.25) is 9.78 Å². The fourth-order valence-corrected chi connectivity index (χ4v) is 4.59. The van der Waals surface area contributed by atoms with Crippen LogP contribution in [0.15, 0.2) is 83.9 Å².